The lowest BCUT2D eigenvalue weighted by Crippen LogP contribution is -2.42. The second kappa shape index (κ2) is 11.3. The molecule has 0 radical (unpaired) electrons. The number of unbranched alkanes of at least 4 members (excludes halogenated alkanes) is 1. The topological polar surface area (TPSA) is 78.5 Å². The molecule has 1 heterocycles. The summed E-state index contributed by atoms with van der Waals surface area (Å²) in [5, 5.41) is 18.2. The van der Waals surface area contributed by atoms with E-state index < -0.39 is 11.9 Å². The van der Waals surface area contributed by atoms with Gasteiger partial charge in [0.1, 0.15) is 0 Å². The minimum absolute atomic E-state index is 0.105. The van der Waals surface area contributed by atoms with Crippen molar-refractivity contribution in [2.45, 2.75) is 85.1 Å². The van der Waals surface area contributed by atoms with Crippen molar-refractivity contribution in [1.82, 2.24) is 0 Å². The molecule has 170 valence electrons. The number of aliphatic carboxylic acids is 2. The molecule has 31 heavy (non-hydrogen) atoms. The van der Waals surface area contributed by atoms with Gasteiger partial charge in [0.05, 0.1) is 6.42 Å². The van der Waals surface area contributed by atoms with Crippen molar-refractivity contribution in [2.75, 3.05) is 0 Å². The van der Waals surface area contributed by atoms with Crippen molar-refractivity contribution in [3.63, 3.8) is 0 Å². The first-order valence-corrected chi connectivity index (χ1v) is 11.4. The van der Waals surface area contributed by atoms with Crippen LogP contribution in [0.25, 0.3) is 0 Å². The predicted molar refractivity (Wildman–Crippen MR) is 122 cm³/mol. The predicted octanol–water partition coefficient (Wildman–Crippen LogP) is 5.12. The molecule has 1 saturated carbocycles. The van der Waals surface area contributed by atoms with Crippen LogP contribution in [0.4, 0.5) is 0 Å². The van der Waals surface area contributed by atoms with Crippen molar-refractivity contribution in [1.29, 1.82) is 0 Å². The smallest absolute Gasteiger partial charge is 0.370 e. The molecule has 0 unspecified atom stereocenters. The third-order valence-electron chi connectivity index (χ3n) is 6.99. The van der Waals surface area contributed by atoms with Crippen molar-refractivity contribution < 1.29 is 24.4 Å². The van der Waals surface area contributed by atoms with Crippen LogP contribution in [0.5, 0.6) is 0 Å². The van der Waals surface area contributed by atoms with Gasteiger partial charge in [-0.05, 0) is 69.8 Å². The van der Waals surface area contributed by atoms with Crippen molar-refractivity contribution >= 4 is 11.9 Å². The molecule has 0 saturated heterocycles. The van der Waals surface area contributed by atoms with E-state index in [1.165, 1.54) is 36.8 Å². The maximum atomic E-state index is 11.2. The maximum Gasteiger partial charge on any atom is 0.370 e. The Morgan fingerprint density at radius 3 is 2.58 bits per heavy atom. The van der Waals surface area contributed by atoms with Crippen LogP contribution in [0.3, 0.4) is 0 Å². The van der Waals surface area contributed by atoms with E-state index >= 15 is 0 Å². The van der Waals surface area contributed by atoms with Gasteiger partial charge in [-0.1, -0.05) is 37.1 Å². The summed E-state index contributed by atoms with van der Waals surface area (Å²) in [7, 11) is 0. The van der Waals surface area contributed by atoms with Gasteiger partial charge in [0.25, 0.3) is 0 Å². The second-order valence-corrected chi connectivity index (χ2v) is 9.29. The molecular weight excluding hydrogens is 390 g/mol. The number of allylic oxidation sites excluding steroid dienone is 3. The van der Waals surface area contributed by atoms with Gasteiger partial charge in [0.15, 0.2) is 11.9 Å². The van der Waals surface area contributed by atoms with Crippen LogP contribution < -0.4 is 4.57 Å². The van der Waals surface area contributed by atoms with Crippen LogP contribution in [-0.2, 0) is 29.0 Å². The standard InChI is InChI=1S/C26H37NO4/c1-19(2)26(14-7-9-21(26)4)15-13-20(3)8-5-6-10-23-12-11-22(16-24(28)29)17-27(23)18-25(30)31/h8,11-12,17,21H,1,5-7,9-10,13-16,18H2,2-4H3,(H-,28,29,30,31)/p+1/b20-8+/t21-,26+/m1/s1. The zero-order valence-electron chi connectivity index (χ0n) is 19.3. The number of aromatic nitrogens is 1. The number of rotatable bonds is 12. The van der Waals surface area contributed by atoms with Gasteiger partial charge in [-0.15, -0.1) is 0 Å². The Balaban J connectivity index is 1.91. The highest BCUT2D eigenvalue weighted by atomic mass is 16.4. The Kier molecular flexibility index (Phi) is 9.02. The van der Waals surface area contributed by atoms with Crippen molar-refractivity contribution in [2.24, 2.45) is 11.3 Å². The summed E-state index contributed by atoms with van der Waals surface area (Å²) in [5.41, 5.74) is 4.58. The van der Waals surface area contributed by atoms with E-state index in [0.717, 1.165) is 31.4 Å². The molecule has 0 aromatic carbocycles. The minimum Gasteiger partial charge on any atom is -0.481 e. The summed E-state index contributed by atoms with van der Waals surface area (Å²) in [6.45, 7) is 10.9. The molecule has 2 rings (SSSR count). The van der Waals surface area contributed by atoms with E-state index in [2.05, 4.69) is 33.4 Å². The Bertz CT molecular complexity index is 842. The fourth-order valence-corrected chi connectivity index (χ4v) is 5.04. The van der Waals surface area contributed by atoms with Crippen LogP contribution >= 0.6 is 0 Å². The summed E-state index contributed by atoms with van der Waals surface area (Å²) in [6.07, 6.45) is 12.6. The SMILES string of the molecule is C=C(C)[C@@]1(CC/C(C)=C/CCCc2ccc(CC(=O)O)c[n+]2CC(=O)O)CCC[C@H]1C. The molecule has 0 aliphatic heterocycles. The number of hydrogen-bond acceptors (Lipinski definition) is 2. The molecule has 0 bridgehead atoms. The zero-order valence-corrected chi connectivity index (χ0v) is 19.3. The molecule has 2 N–H and O–H groups in total. The summed E-state index contributed by atoms with van der Waals surface area (Å²) >= 11 is 0. The molecule has 5 heteroatoms. The monoisotopic (exact) mass is 428 g/mol. The van der Waals surface area contributed by atoms with Crippen LogP contribution in [0.1, 0.15) is 77.0 Å². The van der Waals surface area contributed by atoms with Crippen LogP contribution in [0.2, 0.25) is 0 Å². The van der Waals surface area contributed by atoms with Crippen LogP contribution in [-0.4, -0.2) is 22.2 Å². The van der Waals surface area contributed by atoms with Gasteiger partial charge in [-0.3, -0.25) is 4.79 Å². The first-order valence-electron chi connectivity index (χ1n) is 11.4. The molecule has 1 aliphatic rings. The zero-order chi connectivity index (χ0) is 23.0. The van der Waals surface area contributed by atoms with E-state index in [4.69, 9.17) is 5.11 Å². The third-order valence-corrected chi connectivity index (χ3v) is 6.99. The third kappa shape index (κ3) is 7.05. The molecule has 1 fully saturated rings. The highest BCUT2D eigenvalue weighted by Crippen LogP contribution is 2.51. The normalized spacial score (nSPS) is 21.3. The summed E-state index contributed by atoms with van der Waals surface area (Å²) < 4.78 is 1.66. The van der Waals surface area contributed by atoms with Gasteiger partial charge in [-0.2, -0.15) is 4.57 Å². The van der Waals surface area contributed by atoms with E-state index in [0.29, 0.717) is 16.9 Å². The lowest BCUT2D eigenvalue weighted by molar-refractivity contribution is -0.693. The molecular formula is C26H38NO4+. The van der Waals surface area contributed by atoms with E-state index in [1.807, 2.05) is 6.07 Å². The quantitative estimate of drug-likeness (QED) is 0.275. The van der Waals surface area contributed by atoms with Gasteiger partial charge < -0.3 is 10.2 Å². The lowest BCUT2D eigenvalue weighted by Gasteiger charge is -2.35. The van der Waals surface area contributed by atoms with Gasteiger partial charge in [-0.25, -0.2) is 4.79 Å². The summed E-state index contributed by atoms with van der Waals surface area (Å²) in [5.74, 6) is -1.13. The highest BCUT2D eigenvalue weighted by molar-refractivity contribution is 5.69. The van der Waals surface area contributed by atoms with E-state index in [9.17, 15) is 14.7 Å². The molecule has 5 nitrogen and oxygen atoms in total. The molecule has 2 atom stereocenters. The number of carbonyl (C=O) groups is 2. The van der Waals surface area contributed by atoms with Gasteiger partial charge in [0, 0.05) is 18.1 Å². The Morgan fingerprint density at radius 1 is 1.26 bits per heavy atom. The molecule has 1 aromatic heterocycles. The maximum absolute atomic E-state index is 11.2. The number of nitrogens with zero attached hydrogens (tertiary/aromatic N) is 1. The number of carboxylic acid groups (broad SMARTS) is 2. The number of hydrogen-bond donors (Lipinski definition) is 2. The minimum atomic E-state index is -0.929. The lowest BCUT2D eigenvalue weighted by atomic mass is 9.70. The van der Waals surface area contributed by atoms with Crippen molar-refractivity contribution in [3.8, 4) is 0 Å². The number of pyridine rings is 1. The molecule has 1 aliphatic carbocycles. The summed E-state index contributed by atoms with van der Waals surface area (Å²) in [4.78, 5) is 22.1. The van der Waals surface area contributed by atoms with Crippen molar-refractivity contribution in [3.05, 3.63) is 53.4 Å². The fraction of sp³-hybridized carbons (Fsp3) is 0.577. The number of carboxylic acids is 2. The van der Waals surface area contributed by atoms with Crippen LogP contribution in [0.15, 0.2) is 42.1 Å². The average molecular weight is 429 g/mol. The van der Waals surface area contributed by atoms with E-state index in [-0.39, 0.29) is 13.0 Å². The Hall–Kier alpha value is -2.43. The highest BCUT2D eigenvalue weighted by Gasteiger charge is 2.40. The first kappa shape index (κ1) is 24.8. The van der Waals surface area contributed by atoms with Crippen LogP contribution in [0, 0.1) is 11.3 Å². The van der Waals surface area contributed by atoms with Gasteiger partial charge >= 0.3 is 11.9 Å². The second-order valence-electron chi connectivity index (χ2n) is 9.29. The Morgan fingerprint density at radius 2 is 2.00 bits per heavy atom. The fourth-order valence-electron chi connectivity index (χ4n) is 5.04. The molecule has 0 amide bonds. The average Bonchev–Trinajstić information content (AvgIpc) is 3.05. The van der Waals surface area contributed by atoms with E-state index in [1.54, 1.807) is 16.8 Å². The molecule has 0 spiro atoms. The molecule has 1 aromatic rings. The largest absolute Gasteiger partial charge is 0.481 e. The first-order chi connectivity index (χ1) is 14.6. The summed E-state index contributed by atoms with van der Waals surface area (Å²) in [6, 6.07) is 3.64. The number of aryl methyl sites for hydroxylation is 1. The Labute approximate surface area is 186 Å². The van der Waals surface area contributed by atoms with Gasteiger partial charge in [0.2, 0.25) is 6.54 Å².